The molecule has 0 unspecified atom stereocenters. The second-order valence-electron chi connectivity index (χ2n) is 7.51. The molecule has 0 amide bonds. The number of rotatable bonds is 6. The fourth-order valence-electron chi connectivity index (χ4n) is 3.31. The Bertz CT molecular complexity index is 1430. The molecular formula is C22H19BrCl2N4O3S. The number of aromatic nitrogens is 4. The molecule has 11 heteroatoms. The molecule has 0 atom stereocenters. The van der Waals surface area contributed by atoms with Gasteiger partial charge in [-0.25, -0.2) is 13.1 Å². The molecule has 0 saturated heterocycles. The summed E-state index contributed by atoms with van der Waals surface area (Å²) < 4.78 is 33.2. The summed E-state index contributed by atoms with van der Waals surface area (Å²) in [5.74, 6) is 0.0215. The molecule has 0 aliphatic rings. The van der Waals surface area contributed by atoms with Crippen LogP contribution < -0.4 is 0 Å². The van der Waals surface area contributed by atoms with Gasteiger partial charge in [-0.1, -0.05) is 63.3 Å². The van der Waals surface area contributed by atoms with Crippen LogP contribution in [0.1, 0.15) is 26.3 Å². The summed E-state index contributed by atoms with van der Waals surface area (Å²) in [6, 6.07) is 12.9. The molecule has 7 nitrogen and oxygen atoms in total. The highest BCUT2D eigenvalue weighted by atomic mass is 79.9. The van der Waals surface area contributed by atoms with Crippen LogP contribution in [0.25, 0.3) is 28.5 Å². The van der Waals surface area contributed by atoms with E-state index in [1.165, 1.54) is 0 Å². The molecule has 0 radical (unpaired) electrons. The van der Waals surface area contributed by atoms with E-state index in [1.807, 2.05) is 31.2 Å². The maximum atomic E-state index is 12.5. The summed E-state index contributed by atoms with van der Waals surface area (Å²) in [7, 11) is -3.72. The van der Waals surface area contributed by atoms with E-state index in [1.54, 1.807) is 36.7 Å². The number of nitrogens with zero attached hydrogens (tertiary/aromatic N) is 4. The van der Waals surface area contributed by atoms with Gasteiger partial charge in [0.05, 0.1) is 21.7 Å². The van der Waals surface area contributed by atoms with Crippen LogP contribution in [0.4, 0.5) is 0 Å². The number of hydrogen-bond acceptors (Lipinski definition) is 6. The highest BCUT2D eigenvalue weighted by Gasteiger charge is 2.30. The summed E-state index contributed by atoms with van der Waals surface area (Å²) in [5, 5.41) is 12.3. The van der Waals surface area contributed by atoms with Gasteiger partial charge in [0, 0.05) is 20.6 Å². The zero-order chi connectivity index (χ0) is 23.9. The minimum absolute atomic E-state index is 0.0215. The third kappa shape index (κ3) is 4.47. The molecule has 0 aliphatic carbocycles. The van der Waals surface area contributed by atoms with Gasteiger partial charge in [-0.2, -0.15) is 5.10 Å². The van der Waals surface area contributed by atoms with Gasteiger partial charge < -0.3 is 4.42 Å². The molecule has 0 bridgehead atoms. The third-order valence-electron chi connectivity index (χ3n) is 5.07. The van der Waals surface area contributed by atoms with E-state index in [-0.39, 0.29) is 5.89 Å². The number of benzene rings is 2. The predicted octanol–water partition coefficient (Wildman–Crippen LogP) is 6.40. The first-order chi connectivity index (χ1) is 15.6. The Morgan fingerprint density at radius 2 is 1.79 bits per heavy atom. The Balaban J connectivity index is 1.98. The Labute approximate surface area is 209 Å². The van der Waals surface area contributed by atoms with Crippen molar-refractivity contribution in [2.24, 2.45) is 0 Å². The standard InChI is InChI=1S/C22H19BrCl2N4O3S/c1-4-16-19(21-26-27-22(32-21)33(30,31)12(2)3)28-29(18-10-9-15(24)11-17(18)25)20(16)13-5-7-14(23)8-6-13/h5-12H,4H2,1-3H3. The molecule has 4 rings (SSSR count). The minimum atomic E-state index is -3.72. The Kier molecular flexibility index (Phi) is 6.68. The van der Waals surface area contributed by atoms with Crippen LogP contribution in [-0.4, -0.2) is 33.6 Å². The summed E-state index contributed by atoms with van der Waals surface area (Å²) in [4.78, 5) is 0. The van der Waals surface area contributed by atoms with E-state index >= 15 is 0 Å². The number of sulfone groups is 1. The van der Waals surface area contributed by atoms with E-state index in [0.29, 0.717) is 27.8 Å². The second kappa shape index (κ2) is 9.21. The Hall–Kier alpha value is -2.20. The molecule has 2 heterocycles. The van der Waals surface area contributed by atoms with Crippen LogP contribution in [0.3, 0.4) is 0 Å². The molecule has 0 N–H and O–H groups in total. The van der Waals surface area contributed by atoms with Gasteiger partial charge in [0.15, 0.2) is 5.69 Å². The first-order valence-electron chi connectivity index (χ1n) is 10.0. The van der Waals surface area contributed by atoms with Crippen molar-refractivity contribution < 1.29 is 12.8 Å². The van der Waals surface area contributed by atoms with Gasteiger partial charge in [-0.3, -0.25) is 0 Å². The van der Waals surface area contributed by atoms with Crippen molar-refractivity contribution in [1.29, 1.82) is 0 Å². The quantitative estimate of drug-likeness (QED) is 0.267. The lowest BCUT2D eigenvalue weighted by molar-refractivity contribution is 0.436. The van der Waals surface area contributed by atoms with Crippen molar-refractivity contribution in [3.63, 3.8) is 0 Å². The normalized spacial score (nSPS) is 12.0. The van der Waals surface area contributed by atoms with Crippen molar-refractivity contribution in [3.8, 4) is 28.5 Å². The predicted molar refractivity (Wildman–Crippen MR) is 132 cm³/mol. The van der Waals surface area contributed by atoms with E-state index in [9.17, 15) is 8.42 Å². The molecule has 0 spiro atoms. The molecule has 172 valence electrons. The molecule has 0 fully saturated rings. The maximum Gasteiger partial charge on any atom is 0.336 e. The minimum Gasteiger partial charge on any atom is -0.406 e. The monoisotopic (exact) mass is 568 g/mol. The molecule has 2 aromatic carbocycles. The smallest absolute Gasteiger partial charge is 0.336 e. The van der Waals surface area contributed by atoms with Gasteiger partial charge in [-0.15, -0.1) is 5.10 Å². The first kappa shape index (κ1) is 23.9. The highest BCUT2D eigenvalue weighted by molar-refractivity contribution is 9.10. The first-order valence-corrected chi connectivity index (χ1v) is 13.1. The van der Waals surface area contributed by atoms with Gasteiger partial charge >= 0.3 is 5.22 Å². The number of hydrogen-bond donors (Lipinski definition) is 0. The summed E-state index contributed by atoms with van der Waals surface area (Å²) >= 11 is 16.1. The number of halogens is 3. The molecule has 2 aromatic heterocycles. The Morgan fingerprint density at radius 1 is 1.09 bits per heavy atom. The maximum absolute atomic E-state index is 12.5. The van der Waals surface area contributed by atoms with Crippen LogP contribution in [0.5, 0.6) is 0 Å². The lowest BCUT2D eigenvalue weighted by Gasteiger charge is -2.11. The zero-order valence-electron chi connectivity index (χ0n) is 17.9. The molecule has 4 aromatic rings. The van der Waals surface area contributed by atoms with Crippen LogP contribution in [-0.2, 0) is 16.3 Å². The van der Waals surface area contributed by atoms with E-state index < -0.39 is 20.3 Å². The fraction of sp³-hybridized carbons (Fsp3) is 0.227. The highest BCUT2D eigenvalue weighted by Crippen LogP contribution is 2.37. The summed E-state index contributed by atoms with van der Waals surface area (Å²) in [6.45, 7) is 5.08. The van der Waals surface area contributed by atoms with Crippen molar-refractivity contribution in [2.75, 3.05) is 0 Å². The van der Waals surface area contributed by atoms with Crippen LogP contribution >= 0.6 is 39.1 Å². The molecule has 33 heavy (non-hydrogen) atoms. The summed E-state index contributed by atoms with van der Waals surface area (Å²) in [5.41, 5.74) is 3.46. The van der Waals surface area contributed by atoms with Gasteiger partial charge in [0.25, 0.3) is 5.89 Å². The third-order valence-corrected chi connectivity index (χ3v) is 8.03. The van der Waals surface area contributed by atoms with E-state index in [2.05, 4.69) is 26.1 Å². The van der Waals surface area contributed by atoms with Gasteiger partial charge in [0.1, 0.15) is 0 Å². The average Bonchev–Trinajstić information content (AvgIpc) is 3.39. The van der Waals surface area contributed by atoms with Crippen LogP contribution in [0, 0.1) is 0 Å². The van der Waals surface area contributed by atoms with Crippen LogP contribution in [0.2, 0.25) is 10.0 Å². The summed E-state index contributed by atoms with van der Waals surface area (Å²) in [6.07, 6.45) is 0.570. The van der Waals surface area contributed by atoms with Crippen molar-refractivity contribution in [3.05, 3.63) is 62.5 Å². The molecule has 0 aliphatic heterocycles. The van der Waals surface area contributed by atoms with Gasteiger partial charge in [0.2, 0.25) is 9.84 Å². The SMILES string of the molecule is CCc1c(-c2nnc(S(=O)(=O)C(C)C)o2)nn(-c2ccc(Cl)cc2Cl)c1-c1ccc(Br)cc1. The lowest BCUT2D eigenvalue weighted by Crippen LogP contribution is -2.14. The van der Waals surface area contributed by atoms with E-state index in [0.717, 1.165) is 21.3 Å². The topological polar surface area (TPSA) is 90.9 Å². The van der Waals surface area contributed by atoms with E-state index in [4.69, 9.17) is 32.7 Å². The van der Waals surface area contributed by atoms with Crippen molar-refractivity contribution in [1.82, 2.24) is 20.0 Å². The fourth-order valence-corrected chi connectivity index (χ4v) is 4.82. The van der Waals surface area contributed by atoms with Crippen molar-refractivity contribution in [2.45, 2.75) is 37.7 Å². The second-order valence-corrected chi connectivity index (χ2v) is 11.7. The van der Waals surface area contributed by atoms with Gasteiger partial charge in [-0.05, 0) is 50.6 Å². The largest absolute Gasteiger partial charge is 0.406 e. The molecule has 0 saturated carbocycles. The zero-order valence-corrected chi connectivity index (χ0v) is 21.8. The lowest BCUT2D eigenvalue weighted by atomic mass is 10.0. The Morgan fingerprint density at radius 3 is 2.39 bits per heavy atom. The van der Waals surface area contributed by atoms with Crippen LogP contribution in [0.15, 0.2) is 56.6 Å². The molecular weight excluding hydrogens is 551 g/mol. The average molecular weight is 570 g/mol. The van der Waals surface area contributed by atoms with Crippen molar-refractivity contribution >= 4 is 49.0 Å².